The van der Waals surface area contributed by atoms with Crippen LogP contribution in [0.3, 0.4) is 0 Å². The summed E-state index contributed by atoms with van der Waals surface area (Å²) >= 11 is 6.35. The van der Waals surface area contributed by atoms with Crippen molar-refractivity contribution in [3.63, 3.8) is 0 Å². The van der Waals surface area contributed by atoms with Gasteiger partial charge in [-0.3, -0.25) is 4.79 Å². The number of nitrogens with one attached hydrogen (secondary N) is 1. The van der Waals surface area contributed by atoms with Crippen molar-refractivity contribution in [1.82, 2.24) is 10.2 Å². The smallest absolute Gasteiger partial charge is 0.254 e. The SMILES string of the molecule is COc1cc(C(=O)N(C)C2CCNCC2)cc(Cl)c1OCC(C)C.Cl. The number of methoxy groups -OCH3 is 1. The Morgan fingerprint density at radius 2 is 2.00 bits per heavy atom. The van der Waals surface area contributed by atoms with Crippen LogP contribution in [0.1, 0.15) is 37.0 Å². The molecule has 142 valence electrons. The minimum absolute atomic E-state index is 0. The lowest BCUT2D eigenvalue weighted by Crippen LogP contribution is -2.43. The van der Waals surface area contributed by atoms with Crippen LogP contribution in [0.25, 0.3) is 0 Å². The Hall–Kier alpha value is -1.17. The van der Waals surface area contributed by atoms with Crippen LogP contribution in [0.4, 0.5) is 0 Å². The second-order valence-electron chi connectivity index (χ2n) is 6.59. The molecule has 25 heavy (non-hydrogen) atoms. The molecule has 0 aliphatic carbocycles. The third-order valence-corrected chi connectivity index (χ3v) is 4.49. The highest BCUT2D eigenvalue weighted by molar-refractivity contribution is 6.32. The maximum atomic E-state index is 12.8. The average Bonchev–Trinajstić information content (AvgIpc) is 2.59. The summed E-state index contributed by atoms with van der Waals surface area (Å²) in [6.45, 7) is 6.54. The zero-order chi connectivity index (χ0) is 17.7. The van der Waals surface area contributed by atoms with E-state index in [-0.39, 0.29) is 24.4 Å². The van der Waals surface area contributed by atoms with Crippen molar-refractivity contribution >= 4 is 29.9 Å². The molecule has 1 aromatic carbocycles. The molecule has 0 bridgehead atoms. The van der Waals surface area contributed by atoms with Gasteiger partial charge in [0, 0.05) is 18.7 Å². The van der Waals surface area contributed by atoms with Crippen LogP contribution < -0.4 is 14.8 Å². The summed E-state index contributed by atoms with van der Waals surface area (Å²) in [5, 5.41) is 3.71. The van der Waals surface area contributed by atoms with E-state index in [0.29, 0.717) is 34.6 Å². The summed E-state index contributed by atoms with van der Waals surface area (Å²) in [7, 11) is 3.40. The lowest BCUT2D eigenvalue weighted by Gasteiger charge is -2.31. The number of carbonyl (C=O) groups excluding carboxylic acids is 1. The van der Waals surface area contributed by atoms with E-state index in [4.69, 9.17) is 21.1 Å². The number of benzene rings is 1. The van der Waals surface area contributed by atoms with Crippen molar-refractivity contribution in [2.75, 3.05) is 33.9 Å². The maximum Gasteiger partial charge on any atom is 0.254 e. The van der Waals surface area contributed by atoms with Gasteiger partial charge in [0.1, 0.15) is 0 Å². The predicted octanol–water partition coefficient (Wildman–Crippen LogP) is 3.63. The van der Waals surface area contributed by atoms with E-state index >= 15 is 0 Å². The summed E-state index contributed by atoms with van der Waals surface area (Å²) in [6, 6.07) is 3.63. The first-order valence-electron chi connectivity index (χ1n) is 8.42. The summed E-state index contributed by atoms with van der Waals surface area (Å²) in [6.07, 6.45) is 1.92. The number of ether oxygens (including phenoxy) is 2. The van der Waals surface area contributed by atoms with Gasteiger partial charge in [0.15, 0.2) is 11.5 Å². The fourth-order valence-corrected chi connectivity index (χ4v) is 3.06. The van der Waals surface area contributed by atoms with E-state index < -0.39 is 0 Å². The van der Waals surface area contributed by atoms with Crippen LogP contribution in [0.2, 0.25) is 5.02 Å². The Kier molecular flexibility index (Phi) is 8.83. The highest BCUT2D eigenvalue weighted by Gasteiger charge is 2.24. The van der Waals surface area contributed by atoms with E-state index in [1.54, 1.807) is 24.1 Å². The molecule has 0 radical (unpaired) electrons. The normalized spacial score (nSPS) is 14.8. The molecule has 1 amide bonds. The van der Waals surface area contributed by atoms with E-state index in [1.165, 1.54) is 0 Å². The van der Waals surface area contributed by atoms with Gasteiger partial charge in [-0.2, -0.15) is 0 Å². The molecular weight excluding hydrogens is 363 g/mol. The summed E-state index contributed by atoms with van der Waals surface area (Å²) in [4.78, 5) is 14.6. The molecule has 1 aliphatic heterocycles. The van der Waals surface area contributed by atoms with Crippen LogP contribution in [0.15, 0.2) is 12.1 Å². The zero-order valence-electron chi connectivity index (χ0n) is 15.3. The Bertz CT molecular complexity index is 576. The zero-order valence-corrected chi connectivity index (χ0v) is 16.9. The Morgan fingerprint density at radius 3 is 2.56 bits per heavy atom. The number of hydrogen-bond acceptors (Lipinski definition) is 4. The molecule has 1 saturated heterocycles. The van der Waals surface area contributed by atoms with Crippen molar-refractivity contribution in [2.24, 2.45) is 5.92 Å². The molecule has 0 spiro atoms. The second-order valence-corrected chi connectivity index (χ2v) is 7.00. The minimum Gasteiger partial charge on any atom is -0.493 e. The van der Waals surface area contributed by atoms with E-state index in [0.717, 1.165) is 25.9 Å². The van der Waals surface area contributed by atoms with Crippen LogP contribution in [-0.4, -0.2) is 50.7 Å². The van der Waals surface area contributed by atoms with Gasteiger partial charge in [-0.1, -0.05) is 25.4 Å². The molecule has 0 saturated carbocycles. The van der Waals surface area contributed by atoms with Gasteiger partial charge < -0.3 is 19.7 Å². The first-order valence-corrected chi connectivity index (χ1v) is 8.80. The lowest BCUT2D eigenvalue weighted by atomic mass is 10.0. The van der Waals surface area contributed by atoms with Gasteiger partial charge in [-0.15, -0.1) is 12.4 Å². The molecule has 7 heteroatoms. The number of hydrogen-bond donors (Lipinski definition) is 1. The van der Waals surface area contributed by atoms with E-state index in [2.05, 4.69) is 19.2 Å². The highest BCUT2D eigenvalue weighted by Crippen LogP contribution is 2.37. The molecule has 1 heterocycles. The molecular formula is C18H28Cl2N2O3. The molecule has 2 rings (SSSR count). The van der Waals surface area contributed by atoms with Gasteiger partial charge in [-0.25, -0.2) is 0 Å². The number of rotatable bonds is 6. The first-order chi connectivity index (χ1) is 11.4. The van der Waals surface area contributed by atoms with Crippen LogP contribution in [-0.2, 0) is 0 Å². The van der Waals surface area contributed by atoms with Crippen molar-refractivity contribution < 1.29 is 14.3 Å². The van der Waals surface area contributed by atoms with Crippen LogP contribution in [0.5, 0.6) is 11.5 Å². The van der Waals surface area contributed by atoms with Gasteiger partial charge in [-0.05, 0) is 44.0 Å². The van der Waals surface area contributed by atoms with Gasteiger partial charge >= 0.3 is 0 Å². The fourth-order valence-electron chi connectivity index (χ4n) is 2.80. The molecule has 1 fully saturated rings. The molecule has 1 aliphatic rings. The van der Waals surface area contributed by atoms with Gasteiger partial charge in [0.25, 0.3) is 5.91 Å². The number of halogens is 2. The summed E-state index contributed by atoms with van der Waals surface area (Å²) in [5.74, 6) is 1.31. The second kappa shape index (κ2) is 10.1. The molecule has 0 unspecified atom stereocenters. The highest BCUT2D eigenvalue weighted by atomic mass is 35.5. The summed E-state index contributed by atoms with van der Waals surface area (Å²) < 4.78 is 11.1. The quantitative estimate of drug-likeness (QED) is 0.805. The van der Waals surface area contributed by atoms with Crippen molar-refractivity contribution in [1.29, 1.82) is 0 Å². The average molecular weight is 391 g/mol. The number of piperidine rings is 1. The molecule has 5 nitrogen and oxygen atoms in total. The number of amides is 1. The Morgan fingerprint density at radius 1 is 1.36 bits per heavy atom. The van der Waals surface area contributed by atoms with Crippen LogP contribution in [0, 0.1) is 5.92 Å². The van der Waals surface area contributed by atoms with Crippen LogP contribution >= 0.6 is 24.0 Å². The lowest BCUT2D eigenvalue weighted by molar-refractivity contribution is 0.0702. The standard InChI is InChI=1S/C18H27ClN2O3.ClH/c1-12(2)11-24-17-15(19)9-13(10-16(17)23-4)18(22)21(3)14-5-7-20-8-6-14;/h9-10,12,14,20H,5-8,11H2,1-4H3;1H. The van der Waals surface area contributed by atoms with E-state index in [1.807, 2.05) is 7.05 Å². The Balaban J connectivity index is 0.00000312. The van der Waals surface area contributed by atoms with Crippen molar-refractivity contribution in [3.05, 3.63) is 22.7 Å². The molecule has 0 aromatic heterocycles. The third kappa shape index (κ3) is 5.66. The maximum absolute atomic E-state index is 12.8. The predicted molar refractivity (Wildman–Crippen MR) is 104 cm³/mol. The van der Waals surface area contributed by atoms with Crippen molar-refractivity contribution in [3.8, 4) is 11.5 Å². The van der Waals surface area contributed by atoms with E-state index in [9.17, 15) is 4.79 Å². The Labute approximate surface area is 161 Å². The molecule has 1 N–H and O–H groups in total. The first kappa shape index (κ1) is 21.9. The number of carbonyl (C=O) groups is 1. The summed E-state index contributed by atoms with van der Waals surface area (Å²) in [5.41, 5.74) is 0.523. The molecule has 0 atom stereocenters. The van der Waals surface area contributed by atoms with Gasteiger partial charge in [0.05, 0.1) is 18.7 Å². The third-order valence-electron chi connectivity index (χ3n) is 4.21. The minimum atomic E-state index is -0.0440. The monoisotopic (exact) mass is 390 g/mol. The fraction of sp³-hybridized carbons (Fsp3) is 0.611. The number of nitrogens with zero attached hydrogens (tertiary/aromatic N) is 1. The topological polar surface area (TPSA) is 50.8 Å². The van der Waals surface area contributed by atoms with Crippen molar-refractivity contribution in [2.45, 2.75) is 32.7 Å². The molecule has 1 aromatic rings. The largest absolute Gasteiger partial charge is 0.493 e. The van der Waals surface area contributed by atoms with Gasteiger partial charge in [0.2, 0.25) is 0 Å².